The zero-order valence-electron chi connectivity index (χ0n) is 5.14. The fourth-order valence-corrected chi connectivity index (χ4v) is 1.28. The molecule has 0 fully saturated rings. The van der Waals surface area contributed by atoms with Gasteiger partial charge in [0.05, 0.1) is 10.9 Å². The van der Waals surface area contributed by atoms with Crippen molar-refractivity contribution in [3.8, 4) is 0 Å². The second kappa shape index (κ2) is 2.40. The Balaban J connectivity index is 2.45. The average molecular weight is 130 g/mol. The zero-order valence-corrected chi connectivity index (χ0v) is 5.96. The summed E-state index contributed by atoms with van der Waals surface area (Å²) in [5, 5.41) is 5.29. The highest BCUT2D eigenvalue weighted by Gasteiger charge is 2.09. The van der Waals surface area contributed by atoms with Crippen LogP contribution < -0.4 is 5.43 Å². The van der Waals surface area contributed by atoms with Crippen molar-refractivity contribution >= 4 is 16.8 Å². The van der Waals surface area contributed by atoms with Crippen LogP contribution in [0.3, 0.4) is 0 Å². The number of nitrogens with zero attached hydrogens (tertiary/aromatic N) is 1. The van der Waals surface area contributed by atoms with Crippen molar-refractivity contribution in [2.45, 2.75) is 13.8 Å². The maximum absolute atomic E-state index is 4.06. The van der Waals surface area contributed by atoms with Gasteiger partial charge in [-0.25, -0.2) is 0 Å². The number of hydrogen-bond acceptors (Lipinski definition) is 3. The summed E-state index contributed by atoms with van der Waals surface area (Å²) in [7, 11) is 0. The van der Waals surface area contributed by atoms with Crippen LogP contribution in [0.2, 0.25) is 0 Å². The third kappa shape index (κ3) is 1.15. The molecule has 0 aromatic rings. The third-order valence-corrected chi connectivity index (χ3v) is 2.10. The second-order valence-electron chi connectivity index (χ2n) is 2.05. The SMILES string of the molecule is CC(C)C1=NNCS1. The molecule has 1 rings (SSSR count). The van der Waals surface area contributed by atoms with E-state index in [9.17, 15) is 0 Å². The van der Waals surface area contributed by atoms with Crippen LogP contribution in [-0.4, -0.2) is 10.9 Å². The molecule has 0 saturated heterocycles. The predicted molar refractivity (Wildman–Crippen MR) is 37.9 cm³/mol. The molecule has 0 aromatic carbocycles. The van der Waals surface area contributed by atoms with E-state index in [1.54, 1.807) is 11.8 Å². The van der Waals surface area contributed by atoms with E-state index in [2.05, 4.69) is 24.4 Å². The lowest BCUT2D eigenvalue weighted by Crippen LogP contribution is -1.98. The molecule has 0 spiro atoms. The summed E-state index contributed by atoms with van der Waals surface area (Å²) in [6.45, 7) is 4.30. The number of thioether (sulfide) groups is 1. The van der Waals surface area contributed by atoms with E-state index < -0.39 is 0 Å². The van der Waals surface area contributed by atoms with E-state index in [-0.39, 0.29) is 0 Å². The molecule has 0 atom stereocenters. The highest BCUT2D eigenvalue weighted by atomic mass is 32.2. The molecule has 0 saturated carbocycles. The summed E-state index contributed by atoms with van der Waals surface area (Å²) in [4.78, 5) is 0. The molecule has 46 valence electrons. The lowest BCUT2D eigenvalue weighted by molar-refractivity contribution is 0.847. The Hall–Kier alpha value is -0.180. The molecule has 3 heteroatoms. The van der Waals surface area contributed by atoms with E-state index in [4.69, 9.17) is 0 Å². The van der Waals surface area contributed by atoms with Gasteiger partial charge in [0.15, 0.2) is 0 Å². The van der Waals surface area contributed by atoms with Crippen molar-refractivity contribution in [1.82, 2.24) is 5.43 Å². The molecule has 0 radical (unpaired) electrons. The van der Waals surface area contributed by atoms with E-state index in [1.807, 2.05) is 0 Å². The summed E-state index contributed by atoms with van der Waals surface area (Å²) in [6, 6.07) is 0. The van der Waals surface area contributed by atoms with Gasteiger partial charge in [-0.15, -0.1) is 0 Å². The maximum Gasteiger partial charge on any atom is 0.0974 e. The first-order chi connectivity index (χ1) is 3.80. The van der Waals surface area contributed by atoms with Crippen molar-refractivity contribution in [1.29, 1.82) is 0 Å². The van der Waals surface area contributed by atoms with Crippen LogP contribution in [0, 0.1) is 5.92 Å². The van der Waals surface area contributed by atoms with Gasteiger partial charge < -0.3 is 0 Å². The Morgan fingerprint density at radius 2 is 2.50 bits per heavy atom. The minimum Gasteiger partial charge on any atom is -0.299 e. The minimum absolute atomic E-state index is 0.593. The molecule has 1 aliphatic heterocycles. The summed E-state index contributed by atoms with van der Waals surface area (Å²) < 4.78 is 0. The number of nitrogens with one attached hydrogen (secondary N) is 1. The Kier molecular flexibility index (Phi) is 1.78. The summed E-state index contributed by atoms with van der Waals surface area (Å²) in [6.07, 6.45) is 0. The van der Waals surface area contributed by atoms with Crippen LogP contribution in [0.5, 0.6) is 0 Å². The van der Waals surface area contributed by atoms with Crippen LogP contribution in [0.1, 0.15) is 13.8 Å². The van der Waals surface area contributed by atoms with Crippen LogP contribution in [0.25, 0.3) is 0 Å². The number of hydrazone groups is 1. The fourth-order valence-electron chi connectivity index (χ4n) is 0.544. The molecule has 0 amide bonds. The van der Waals surface area contributed by atoms with Crippen molar-refractivity contribution in [2.24, 2.45) is 11.0 Å². The summed E-state index contributed by atoms with van der Waals surface area (Å²) in [5.41, 5.74) is 2.90. The van der Waals surface area contributed by atoms with Gasteiger partial charge in [0, 0.05) is 5.92 Å². The van der Waals surface area contributed by atoms with E-state index in [0.717, 1.165) is 5.88 Å². The van der Waals surface area contributed by atoms with Crippen LogP contribution in [0.15, 0.2) is 5.10 Å². The monoisotopic (exact) mass is 130 g/mol. The van der Waals surface area contributed by atoms with Gasteiger partial charge in [0.25, 0.3) is 0 Å². The highest BCUT2D eigenvalue weighted by Crippen LogP contribution is 2.14. The molecule has 0 bridgehead atoms. The zero-order chi connectivity index (χ0) is 5.98. The Morgan fingerprint density at radius 3 is 2.75 bits per heavy atom. The van der Waals surface area contributed by atoms with Crippen molar-refractivity contribution < 1.29 is 0 Å². The van der Waals surface area contributed by atoms with Gasteiger partial charge in [-0.1, -0.05) is 25.6 Å². The van der Waals surface area contributed by atoms with Crippen molar-refractivity contribution in [3.05, 3.63) is 0 Å². The van der Waals surface area contributed by atoms with Gasteiger partial charge >= 0.3 is 0 Å². The quantitative estimate of drug-likeness (QED) is 0.577. The molecule has 1 heterocycles. The molecule has 0 aliphatic carbocycles. The normalized spacial score (nSPS) is 18.6. The minimum atomic E-state index is 0.593. The fraction of sp³-hybridized carbons (Fsp3) is 0.800. The molecule has 1 N–H and O–H groups in total. The van der Waals surface area contributed by atoms with Gasteiger partial charge in [0.2, 0.25) is 0 Å². The van der Waals surface area contributed by atoms with Crippen molar-refractivity contribution in [3.63, 3.8) is 0 Å². The van der Waals surface area contributed by atoms with Crippen LogP contribution in [0.4, 0.5) is 0 Å². The Labute approximate surface area is 53.7 Å². The Morgan fingerprint density at radius 1 is 1.75 bits per heavy atom. The second-order valence-corrected chi connectivity index (χ2v) is 3.05. The predicted octanol–water partition coefficient (Wildman–Crippen LogP) is 1.25. The maximum atomic E-state index is 4.06. The summed E-state index contributed by atoms with van der Waals surface area (Å²) in [5.74, 6) is 1.54. The molecular formula is C5H10N2S. The molecule has 0 aromatic heterocycles. The van der Waals surface area contributed by atoms with Gasteiger partial charge in [-0.2, -0.15) is 5.10 Å². The number of hydrogen-bond donors (Lipinski definition) is 1. The van der Waals surface area contributed by atoms with Gasteiger partial charge in [-0.05, 0) is 0 Å². The lowest BCUT2D eigenvalue weighted by atomic mass is 10.2. The van der Waals surface area contributed by atoms with Gasteiger partial charge in [-0.3, -0.25) is 5.43 Å². The smallest absolute Gasteiger partial charge is 0.0974 e. The number of rotatable bonds is 1. The first-order valence-corrected chi connectivity index (χ1v) is 3.72. The summed E-state index contributed by atoms with van der Waals surface area (Å²) >= 11 is 1.79. The van der Waals surface area contributed by atoms with Crippen LogP contribution >= 0.6 is 11.8 Å². The average Bonchev–Trinajstić information content (AvgIpc) is 2.12. The first kappa shape index (κ1) is 5.95. The van der Waals surface area contributed by atoms with E-state index in [0.29, 0.717) is 5.92 Å². The first-order valence-electron chi connectivity index (χ1n) is 2.74. The van der Waals surface area contributed by atoms with Crippen molar-refractivity contribution in [2.75, 3.05) is 5.88 Å². The molecule has 1 aliphatic rings. The van der Waals surface area contributed by atoms with E-state index in [1.165, 1.54) is 5.04 Å². The largest absolute Gasteiger partial charge is 0.299 e. The lowest BCUT2D eigenvalue weighted by Gasteiger charge is -1.97. The molecule has 8 heavy (non-hydrogen) atoms. The molecule has 2 nitrogen and oxygen atoms in total. The van der Waals surface area contributed by atoms with Crippen LogP contribution in [-0.2, 0) is 0 Å². The Bertz CT molecular complexity index is 109. The van der Waals surface area contributed by atoms with Gasteiger partial charge in [0.1, 0.15) is 0 Å². The highest BCUT2D eigenvalue weighted by molar-refractivity contribution is 8.14. The topological polar surface area (TPSA) is 24.4 Å². The molecular weight excluding hydrogens is 120 g/mol. The van der Waals surface area contributed by atoms with E-state index >= 15 is 0 Å². The molecule has 0 unspecified atom stereocenters. The standard InChI is InChI=1S/C5H10N2S/c1-4(2)5-7-6-3-8-5/h4,6H,3H2,1-2H3. The third-order valence-electron chi connectivity index (χ3n) is 0.968.